The van der Waals surface area contributed by atoms with E-state index in [1.165, 1.54) is 18.6 Å². The predicted molar refractivity (Wildman–Crippen MR) is 42.3 cm³/mol. The first-order chi connectivity index (χ1) is 3.77. The number of hydrogen-bond donors (Lipinski definition) is 0. The van der Waals surface area contributed by atoms with Gasteiger partial charge in [0.2, 0.25) is 0 Å². The van der Waals surface area contributed by atoms with Gasteiger partial charge < -0.3 is 0 Å². The van der Waals surface area contributed by atoms with Gasteiger partial charge in [-0.25, -0.2) is 0 Å². The van der Waals surface area contributed by atoms with Crippen LogP contribution in [0.4, 0.5) is 0 Å². The minimum Gasteiger partial charge on any atom is 1.00 e. The fourth-order valence-corrected chi connectivity index (χ4v) is 1.52. The minimum absolute atomic E-state index is 0. The number of unbranched alkanes of at least 4 members (excludes halogenated alkanes) is 1. The zero-order chi connectivity index (χ0) is 6.41. The topological polar surface area (TPSA) is 0 Å². The summed E-state index contributed by atoms with van der Waals surface area (Å²) in [6, 6.07) is 0. The van der Waals surface area contributed by atoms with Gasteiger partial charge in [-0.2, -0.15) is 0 Å². The van der Waals surface area contributed by atoms with E-state index in [0.717, 1.165) is 3.80 Å². The maximum atomic E-state index is 3.73. The van der Waals surface area contributed by atoms with E-state index in [1.807, 2.05) is 0 Å². The van der Waals surface area contributed by atoms with Gasteiger partial charge in [-0.3, -0.25) is 0 Å². The van der Waals surface area contributed by atoms with Crippen LogP contribution in [0, 0.1) is 0 Å². The van der Waals surface area contributed by atoms with Crippen molar-refractivity contribution in [2.75, 3.05) is 5.75 Å². The second-order valence-corrected chi connectivity index (χ2v) is 4.38. The Labute approximate surface area is 82.2 Å². The van der Waals surface area contributed by atoms with Crippen molar-refractivity contribution in [1.82, 2.24) is 0 Å². The minimum atomic E-state index is 0. The molecule has 3 heteroatoms. The quantitative estimate of drug-likeness (QED) is 0.422. The zero-order valence-corrected chi connectivity index (χ0v) is 8.67. The molecule has 0 nitrogen and oxygen atoms in total. The first kappa shape index (κ1) is 12.8. The molecular formula is C6H11LiSSe. The van der Waals surface area contributed by atoms with Crippen LogP contribution in [0.2, 0.25) is 0 Å². The molecule has 0 aliphatic heterocycles. The summed E-state index contributed by atoms with van der Waals surface area (Å²) < 4.78 is 1.11. The Morgan fingerprint density at radius 2 is 2.22 bits per heavy atom. The molecule has 0 aromatic carbocycles. The van der Waals surface area contributed by atoms with Gasteiger partial charge >= 0.3 is 82.5 Å². The van der Waals surface area contributed by atoms with Gasteiger partial charge in [0.25, 0.3) is 0 Å². The van der Waals surface area contributed by atoms with Crippen molar-refractivity contribution in [3.63, 3.8) is 0 Å². The summed E-state index contributed by atoms with van der Waals surface area (Å²) in [5.41, 5.74) is 0. The maximum Gasteiger partial charge on any atom is 1.00 e. The molecule has 0 atom stereocenters. The summed E-state index contributed by atoms with van der Waals surface area (Å²) in [5.74, 6) is 1.21. The van der Waals surface area contributed by atoms with E-state index in [4.69, 9.17) is 0 Å². The Bertz CT molecular complexity index is 75.5. The number of thioether (sulfide) groups is 1. The van der Waals surface area contributed by atoms with Gasteiger partial charge in [0.1, 0.15) is 0 Å². The maximum absolute atomic E-state index is 3.73. The second kappa shape index (κ2) is 9.21. The van der Waals surface area contributed by atoms with E-state index in [-0.39, 0.29) is 18.9 Å². The second-order valence-electron chi connectivity index (χ2n) is 1.57. The fraction of sp³-hybridized carbons (Fsp3) is 0.667. The molecule has 0 fully saturated rings. The van der Waals surface area contributed by atoms with E-state index in [2.05, 4.69) is 29.5 Å². The normalized spacial score (nSPS) is 8.11. The molecule has 0 bridgehead atoms. The van der Waals surface area contributed by atoms with Gasteiger partial charge in [-0.1, -0.05) is 0 Å². The number of rotatable bonds is 4. The summed E-state index contributed by atoms with van der Waals surface area (Å²) in [6.07, 6.45) is 2.58. The average Bonchev–Trinajstić information content (AvgIpc) is 1.66. The summed E-state index contributed by atoms with van der Waals surface area (Å²) in [4.78, 5) is 0. The van der Waals surface area contributed by atoms with Crippen molar-refractivity contribution < 1.29 is 18.9 Å². The van der Waals surface area contributed by atoms with Crippen LogP contribution < -0.4 is 18.9 Å². The monoisotopic (exact) mass is 202 g/mol. The SMILES string of the molecule is C=C([Se-])SCCCC.[Li+]. The smallest absolute Gasteiger partial charge is 1.00 e. The third-order valence-electron chi connectivity index (χ3n) is 0.761. The van der Waals surface area contributed by atoms with E-state index in [1.54, 1.807) is 11.8 Å². The van der Waals surface area contributed by atoms with Gasteiger partial charge in [-0.15, -0.1) is 0 Å². The Hall–Kier alpha value is 1.21. The summed E-state index contributed by atoms with van der Waals surface area (Å²) in [6.45, 7) is 5.93. The molecule has 0 rings (SSSR count). The van der Waals surface area contributed by atoms with Crippen molar-refractivity contribution in [2.24, 2.45) is 0 Å². The molecule has 0 aromatic rings. The van der Waals surface area contributed by atoms with Crippen LogP contribution in [-0.4, -0.2) is 21.8 Å². The molecule has 9 heavy (non-hydrogen) atoms. The van der Waals surface area contributed by atoms with Crippen LogP contribution in [0.25, 0.3) is 0 Å². The Morgan fingerprint density at radius 3 is 2.56 bits per heavy atom. The molecular weight excluding hydrogens is 190 g/mol. The molecule has 0 amide bonds. The Balaban J connectivity index is 0. The molecule has 48 valence electrons. The Kier molecular flexibility index (Phi) is 13.1. The van der Waals surface area contributed by atoms with Gasteiger partial charge in [0.15, 0.2) is 0 Å². The molecule has 0 aliphatic rings. The molecule has 0 N–H and O–H groups in total. The Morgan fingerprint density at radius 1 is 1.67 bits per heavy atom. The summed E-state index contributed by atoms with van der Waals surface area (Å²) in [5, 5.41) is 0. The van der Waals surface area contributed by atoms with E-state index >= 15 is 0 Å². The van der Waals surface area contributed by atoms with E-state index < -0.39 is 0 Å². The first-order valence-corrected chi connectivity index (χ1v) is 4.60. The molecule has 0 aromatic heterocycles. The molecule has 0 saturated heterocycles. The van der Waals surface area contributed by atoms with Crippen molar-refractivity contribution in [1.29, 1.82) is 0 Å². The zero-order valence-electron chi connectivity index (χ0n) is 6.14. The van der Waals surface area contributed by atoms with Crippen molar-refractivity contribution >= 4 is 27.8 Å². The van der Waals surface area contributed by atoms with Crippen molar-refractivity contribution in [2.45, 2.75) is 19.8 Å². The van der Waals surface area contributed by atoms with Crippen LogP contribution >= 0.6 is 11.8 Å². The van der Waals surface area contributed by atoms with Gasteiger partial charge in [-0.05, 0) is 0 Å². The fourth-order valence-electron chi connectivity index (χ4n) is 0.330. The predicted octanol–water partition coefficient (Wildman–Crippen LogP) is -0.837. The molecule has 0 unspecified atom stereocenters. The summed E-state index contributed by atoms with van der Waals surface area (Å²) >= 11 is 4.67. The molecule has 0 heterocycles. The molecule has 0 spiro atoms. The van der Waals surface area contributed by atoms with E-state index in [0.29, 0.717) is 0 Å². The van der Waals surface area contributed by atoms with Crippen LogP contribution in [-0.2, 0) is 0 Å². The van der Waals surface area contributed by atoms with Gasteiger partial charge in [0.05, 0.1) is 0 Å². The molecule has 0 saturated carbocycles. The molecule has 0 aliphatic carbocycles. The average molecular weight is 201 g/mol. The largest absolute Gasteiger partial charge is 1.00 e. The molecule has 0 radical (unpaired) electrons. The van der Waals surface area contributed by atoms with Gasteiger partial charge in [0, 0.05) is 0 Å². The third kappa shape index (κ3) is 12.4. The third-order valence-corrected chi connectivity index (χ3v) is 2.32. The standard InChI is InChI=1S/C6H12SSe.Li/c1-3-4-5-7-6(2)8;/h8H,2-5H2,1H3;/q;+1/p-1. The van der Waals surface area contributed by atoms with Crippen LogP contribution in [0.15, 0.2) is 10.4 Å². The van der Waals surface area contributed by atoms with Crippen LogP contribution in [0.5, 0.6) is 0 Å². The summed E-state index contributed by atoms with van der Waals surface area (Å²) in [7, 11) is 0. The van der Waals surface area contributed by atoms with Crippen molar-refractivity contribution in [3.8, 4) is 0 Å². The van der Waals surface area contributed by atoms with Crippen LogP contribution in [0.3, 0.4) is 0 Å². The van der Waals surface area contributed by atoms with Crippen molar-refractivity contribution in [3.05, 3.63) is 10.4 Å². The number of hydrogen-bond acceptors (Lipinski definition) is 1. The van der Waals surface area contributed by atoms with E-state index in [9.17, 15) is 0 Å². The van der Waals surface area contributed by atoms with Crippen LogP contribution in [0.1, 0.15) is 19.8 Å². The first-order valence-electron chi connectivity index (χ1n) is 2.76.